The summed E-state index contributed by atoms with van der Waals surface area (Å²) in [6.07, 6.45) is 0. The van der Waals surface area contributed by atoms with E-state index in [-0.39, 0.29) is 5.91 Å². The lowest BCUT2D eigenvalue weighted by Crippen LogP contribution is -2.49. The Labute approximate surface area is 141 Å². The Hall–Kier alpha value is -1.89. The van der Waals surface area contributed by atoms with Crippen LogP contribution in [0.2, 0.25) is 0 Å². The predicted molar refractivity (Wildman–Crippen MR) is 93.9 cm³/mol. The molecule has 110 valence electrons. The van der Waals surface area contributed by atoms with Crippen molar-refractivity contribution in [1.82, 2.24) is 14.9 Å². The Morgan fingerprint density at radius 2 is 1.86 bits per heavy atom. The van der Waals surface area contributed by atoms with Crippen molar-refractivity contribution in [3.8, 4) is 0 Å². The number of H-pyrrole nitrogens is 1. The number of carbonyl (C=O) groups excluding carboxylic acids is 1. The number of hydrogen-bond acceptors (Lipinski definition) is 2. The van der Waals surface area contributed by atoms with Crippen LogP contribution in [0.5, 0.6) is 0 Å². The molecule has 0 spiro atoms. The van der Waals surface area contributed by atoms with E-state index in [2.05, 4.69) is 32.6 Å². The number of para-hydroxylation sites is 2. The maximum absolute atomic E-state index is 12.5. The van der Waals surface area contributed by atoms with Crippen molar-refractivity contribution in [2.45, 2.75) is 5.92 Å². The zero-order valence-electron chi connectivity index (χ0n) is 11.8. The van der Waals surface area contributed by atoms with E-state index in [9.17, 15) is 4.79 Å². The quantitative estimate of drug-likeness (QED) is 0.667. The number of benzene rings is 2. The molecular formula is C17H14IN3O. The predicted octanol–water partition coefficient (Wildman–Crippen LogP) is 3.41. The first kappa shape index (κ1) is 13.8. The molecule has 1 aromatic heterocycles. The molecule has 0 atom stereocenters. The highest BCUT2D eigenvalue weighted by molar-refractivity contribution is 14.1. The van der Waals surface area contributed by atoms with Gasteiger partial charge < -0.3 is 9.88 Å². The molecule has 0 unspecified atom stereocenters. The van der Waals surface area contributed by atoms with Crippen molar-refractivity contribution < 1.29 is 4.79 Å². The fourth-order valence-corrected chi connectivity index (χ4v) is 3.41. The van der Waals surface area contributed by atoms with Gasteiger partial charge in [0.05, 0.1) is 22.5 Å². The zero-order valence-corrected chi connectivity index (χ0v) is 13.9. The van der Waals surface area contributed by atoms with Crippen molar-refractivity contribution in [3.05, 3.63) is 63.5 Å². The normalized spacial score (nSPS) is 15.0. The van der Waals surface area contributed by atoms with Crippen LogP contribution in [-0.4, -0.2) is 33.9 Å². The van der Waals surface area contributed by atoms with Crippen LogP contribution in [0.4, 0.5) is 0 Å². The summed E-state index contributed by atoms with van der Waals surface area (Å²) in [7, 11) is 0. The molecule has 0 radical (unpaired) electrons. The van der Waals surface area contributed by atoms with Crippen molar-refractivity contribution in [1.29, 1.82) is 0 Å². The van der Waals surface area contributed by atoms with Crippen LogP contribution < -0.4 is 0 Å². The Morgan fingerprint density at radius 3 is 2.64 bits per heavy atom. The number of likely N-dealkylation sites (tertiary alicyclic amines) is 1. The monoisotopic (exact) mass is 403 g/mol. The van der Waals surface area contributed by atoms with E-state index in [0.29, 0.717) is 5.92 Å². The van der Waals surface area contributed by atoms with E-state index in [0.717, 1.165) is 39.1 Å². The molecule has 1 amide bonds. The van der Waals surface area contributed by atoms with Crippen molar-refractivity contribution in [3.63, 3.8) is 0 Å². The first-order valence-corrected chi connectivity index (χ1v) is 8.29. The van der Waals surface area contributed by atoms with Crippen LogP contribution in [0.3, 0.4) is 0 Å². The largest absolute Gasteiger partial charge is 0.342 e. The maximum Gasteiger partial charge on any atom is 0.254 e. The molecule has 5 heteroatoms. The van der Waals surface area contributed by atoms with Crippen LogP contribution in [-0.2, 0) is 0 Å². The lowest BCUT2D eigenvalue weighted by Gasteiger charge is -2.38. The van der Waals surface area contributed by atoms with Crippen molar-refractivity contribution in [2.24, 2.45) is 0 Å². The SMILES string of the molecule is O=C(c1ccccc1I)N1CC(c2nc3ccccc3[nH]2)C1. The summed E-state index contributed by atoms with van der Waals surface area (Å²) in [5.41, 5.74) is 2.82. The zero-order chi connectivity index (χ0) is 15.1. The maximum atomic E-state index is 12.5. The average molecular weight is 403 g/mol. The minimum atomic E-state index is 0.109. The molecular weight excluding hydrogens is 389 g/mol. The van der Waals surface area contributed by atoms with Gasteiger partial charge in [0.1, 0.15) is 5.82 Å². The van der Waals surface area contributed by atoms with Gasteiger partial charge in [-0.25, -0.2) is 4.98 Å². The second kappa shape index (κ2) is 5.39. The topological polar surface area (TPSA) is 49.0 Å². The number of imidazole rings is 1. The summed E-state index contributed by atoms with van der Waals surface area (Å²) in [4.78, 5) is 22.4. The molecule has 0 saturated carbocycles. The fourth-order valence-electron chi connectivity index (χ4n) is 2.79. The number of carbonyl (C=O) groups is 1. The molecule has 0 bridgehead atoms. The van der Waals surface area contributed by atoms with E-state index in [1.807, 2.05) is 53.4 Å². The van der Waals surface area contributed by atoms with Gasteiger partial charge in [-0.05, 0) is 46.9 Å². The molecule has 1 saturated heterocycles. The second-order valence-corrected chi connectivity index (χ2v) is 6.69. The Balaban J connectivity index is 1.50. The molecule has 0 aliphatic carbocycles. The summed E-state index contributed by atoms with van der Waals surface area (Å²) in [5.74, 6) is 1.39. The van der Waals surface area contributed by atoms with Gasteiger partial charge in [0.15, 0.2) is 0 Å². The first-order chi connectivity index (χ1) is 10.7. The summed E-state index contributed by atoms with van der Waals surface area (Å²) >= 11 is 2.21. The van der Waals surface area contributed by atoms with E-state index < -0.39 is 0 Å². The van der Waals surface area contributed by atoms with Crippen molar-refractivity contribution in [2.75, 3.05) is 13.1 Å². The number of nitrogens with one attached hydrogen (secondary N) is 1. The summed E-state index contributed by atoms with van der Waals surface area (Å²) in [6.45, 7) is 1.45. The van der Waals surface area contributed by atoms with E-state index in [1.165, 1.54) is 0 Å². The molecule has 1 N–H and O–H groups in total. The highest BCUT2D eigenvalue weighted by atomic mass is 127. The molecule has 1 aliphatic rings. The third-order valence-corrected chi connectivity index (χ3v) is 5.01. The van der Waals surface area contributed by atoms with Gasteiger partial charge in [0.2, 0.25) is 0 Å². The van der Waals surface area contributed by atoms with Crippen molar-refractivity contribution >= 4 is 39.5 Å². The molecule has 4 rings (SSSR count). The van der Waals surface area contributed by atoms with Gasteiger partial charge in [-0.3, -0.25) is 4.79 Å². The number of fused-ring (bicyclic) bond motifs is 1. The van der Waals surface area contributed by atoms with E-state index >= 15 is 0 Å². The lowest BCUT2D eigenvalue weighted by molar-refractivity contribution is 0.0594. The van der Waals surface area contributed by atoms with Gasteiger partial charge in [-0.1, -0.05) is 24.3 Å². The minimum absolute atomic E-state index is 0.109. The average Bonchev–Trinajstić information content (AvgIpc) is 2.89. The fraction of sp³-hybridized carbons (Fsp3) is 0.176. The number of rotatable bonds is 2. The second-order valence-electron chi connectivity index (χ2n) is 5.53. The number of aromatic nitrogens is 2. The van der Waals surface area contributed by atoms with Gasteiger partial charge in [0, 0.05) is 16.7 Å². The smallest absolute Gasteiger partial charge is 0.254 e. The molecule has 4 nitrogen and oxygen atoms in total. The number of aromatic amines is 1. The van der Waals surface area contributed by atoms with Gasteiger partial charge in [0.25, 0.3) is 5.91 Å². The van der Waals surface area contributed by atoms with Crippen LogP contribution in [0.15, 0.2) is 48.5 Å². The Kier molecular flexibility index (Phi) is 3.37. The molecule has 3 aromatic rings. The highest BCUT2D eigenvalue weighted by Gasteiger charge is 2.34. The lowest BCUT2D eigenvalue weighted by atomic mass is 9.98. The number of halogens is 1. The Bertz CT molecular complexity index is 819. The first-order valence-electron chi connectivity index (χ1n) is 7.21. The summed E-state index contributed by atoms with van der Waals surface area (Å²) < 4.78 is 0.997. The molecule has 2 heterocycles. The van der Waals surface area contributed by atoms with E-state index in [4.69, 9.17) is 0 Å². The van der Waals surface area contributed by atoms with Gasteiger partial charge >= 0.3 is 0 Å². The van der Waals surface area contributed by atoms with Crippen LogP contribution in [0.1, 0.15) is 22.1 Å². The molecule has 1 fully saturated rings. The Morgan fingerprint density at radius 1 is 1.14 bits per heavy atom. The minimum Gasteiger partial charge on any atom is -0.342 e. The molecule has 1 aliphatic heterocycles. The van der Waals surface area contributed by atoms with Crippen LogP contribution >= 0.6 is 22.6 Å². The van der Waals surface area contributed by atoms with Crippen LogP contribution in [0, 0.1) is 3.57 Å². The molecule has 2 aromatic carbocycles. The van der Waals surface area contributed by atoms with Gasteiger partial charge in [-0.2, -0.15) is 0 Å². The van der Waals surface area contributed by atoms with Gasteiger partial charge in [-0.15, -0.1) is 0 Å². The standard InChI is InChI=1S/C17H14IN3O/c18-13-6-2-1-5-12(13)17(22)21-9-11(10-21)16-19-14-7-3-4-8-15(14)20-16/h1-8,11H,9-10H2,(H,19,20). The summed E-state index contributed by atoms with van der Waals surface area (Å²) in [6, 6.07) is 15.7. The van der Waals surface area contributed by atoms with E-state index in [1.54, 1.807) is 0 Å². The third kappa shape index (κ3) is 2.29. The highest BCUT2D eigenvalue weighted by Crippen LogP contribution is 2.28. The van der Waals surface area contributed by atoms with Crippen LogP contribution in [0.25, 0.3) is 11.0 Å². The third-order valence-electron chi connectivity index (χ3n) is 4.07. The molecule has 22 heavy (non-hydrogen) atoms. The number of hydrogen-bond donors (Lipinski definition) is 1. The number of nitrogens with zero attached hydrogens (tertiary/aromatic N) is 2. The number of amides is 1. The summed E-state index contributed by atoms with van der Waals surface area (Å²) in [5, 5.41) is 0.